The fraction of sp³-hybridized carbons (Fsp3) is 0.286. The van der Waals surface area contributed by atoms with E-state index < -0.39 is 5.60 Å². The highest BCUT2D eigenvalue weighted by atomic mass is 16.3. The van der Waals surface area contributed by atoms with Crippen LogP contribution in [-0.4, -0.2) is 16.6 Å². The van der Waals surface area contributed by atoms with Gasteiger partial charge in [0.2, 0.25) is 5.91 Å². The van der Waals surface area contributed by atoms with Gasteiger partial charge < -0.3 is 10.4 Å². The van der Waals surface area contributed by atoms with Crippen molar-refractivity contribution in [1.29, 1.82) is 5.26 Å². The van der Waals surface area contributed by atoms with Crippen molar-refractivity contribution in [2.45, 2.75) is 25.9 Å². The number of aliphatic hydroxyl groups is 1. The van der Waals surface area contributed by atoms with Gasteiger partial charge in [-0.05, 0) is 32.0 Å². The van der Waals surface area contributed by atoms with Gasteiger partial charge in [0.25, 0.3) is 0 Å². The topological polar surface area (TPSA) is 73.1 Å². The molecule has 1 rings (SSSR count). The molecule has 0 aliphatic carbocycles. The van der Waals surface area contributed by atoms with Crippen LogP contribution >= 0.6 is 0 Å². The van der Waals surface area contributed by atoms with Crippen LogP contribution in [0, 0.1) is 23.2 Å². The van der Waals surface area contributed by atoms with Gasteiger partial charge in [-0.1, -0.05) is 17.9 Å². The van der Waals surface area contributed by atoms with Gasteiger partial charge >= 0.3 is 0 Å². The van der Waals surface area contributed by atoms with Crippen molar-refractivity contribution in [2.75, 3.05) is 5.32 Å². The Labute approximate surface area is 106 Å². The van der Waals surface area contributed by atoms with Crippen molar-refractivity contribution in [3.05, 3.63) is 29.8 Å². The van der Waals surface area contributed by atoms with Crippen LogP contribution in [0.15, 0.2) is 24.3 Å². The number of hydrogen-bond acceptors (Lipinski definition) is 3. The molecule has 0 heterocycles. The van der Waals surface area contributed by atoms with Crippen LogP contribution in [-0.2, 0) is 4.79 Å². The van der Waals surface area contributed by atoms with Crippen LogP contribution in [0.5, 0.6) is 0 Å². The lowest BCUT2D eigenvalue weighted by Gasteiger charge is -2.06. The molecule has 1 aromatic carbocycles. The first-order chi connectivity index (χ1) is 8.40. The summed E-state index contributed by atoms with van der Waals surface area (Å²) >= 11 is 0. The number of nitrogens with zero attached hydrogens (tertiary/aromatic N) is 1. The van der Waals surface area contributed by atoms with Gasteiger partial charge in [-0.2, -0.15) is 5.26 Å². The highest BCUT2D eigenvalue weighted by molar-refractivity contribution is 5.92. The lowest BCUT2D eigenvalue weighted by Crippen LogP contribution is -2.14. The van der Waals surface area contributed by atoms with Crippen molar-refractivity contribution < 1.29 is 9.90 Å². The maximum absolute atomic E-state index is 11.2. The minimum absolute atomic E-state index is 0.181. The first-order valence-electron chi connectivity index (χ1n) is 5.43. The molecule has 92 valence electrons. The Balaban J connectivity index is 2.83. The highest BCUT2D eigenvalue weighted by Crippen LogP contribution is 2.10. The molecule has 0 aliphatic heterocycles. The molecule has 0 atom stereocenters. The lowest BCUT2D eigenvalue weighted by molar-refractivity contribution is -0.115. The second-order valence-corrected chi connectivity index (χ2v) is 4.27. The van der Waals surface area contributed by atoms with Gasteiger partial charge in [0.15, 0.2) is 0 Å². The first kappa shape index (κ1) is 13.8. The van der Waals surface area contributed by atoms with E-state index in [1.807, 2.05) is 0 Å². The molecule has 0 radical (unpaired) electrons. The normalized spacial score (nSPS) is 9.89. The summed E-state index contributed by atoms with van der Waals surface area (Å²) in [6.45, 7) is 3.19. The molecule has 4 heteroatoms. The summed E-state index contributed by atoms with van der Waals surface area (Å²) in [6, 6.07) is 8.70. The SMILES string of the molecule is CC(C)(O)C#Cc1cccc(NC(=O)CC#N)c1. The van der Waals surface area contributed by atoms with E-state index in [0.29, 0.717) is 11.3 Å². The van der Waals surface area contributed by atoms with Gasteiger partial charge in [-0.25, -0.2) is 0 Å². The average molecular weight is 242 g/mol. The van der Waals surface area contributed by atoms with Gasteiger partial charge in [-0.3, -0.25) is 4.79 Å². The average Bonchev–Trinajstić information content (AvgIpc) is 2.26. The van der Waals surface area contributed by atoms with Gasteiger partial charge in [0.05, 0.1) is 6.07 Å². The summed E-state index contributed by atoms with van der Waals surface area (Å²) in [7, 11) is 0. The Morgan fingerprint density at radius 1 is 1.50 bits per heavy atom. The molecule has 0 unspecified atom stereocenters. The third-order valence-electron chi connectivity index (χ3n) is 1.90. The molecular formula is C14H14N2O2. The number of benzene rings is 1. The fourth-order valence-electron chi connectivity index (χ4n) is 1.18. The number of anilines is 1. The Morgan fingerprint density at radius 2 is 2.22 bits per heavy atom. The molecule has 1 amide bonds. The van der Waals surface area contributed by atoms with Crippen molar-refractivity contribution in [3.63, 3.8) is 0 Å². The summed E-state index contributed by atoms with van der Waals surface area (Å²) in [5, 5.41) is 20.5. The Kier molecular flexibility index (Phi) is 4.48. The van der Waals surface area contributed by atoms with E-state index in [4.69, 9.17) is 5.26 Å². The Morgan fingerprint density at radius 3 is 2.83 bits per heavy atom. The monoisotopic (exact) mass is 242 g/mol. The minimum Gasteiger partial charge on any atom is -0.378 e. The third-order valence-corrected chi connectivity index (χ3v) is 1.90. The van der Waals surface area contributed by atoms with E-state index in [-0.39, 0.29) is 12.3 Å². The molecule has 0 aromatic heterocycles. The summed E-state index contributed by atoms with van der Waals surface area (Å²) in [4.78, 5) is 11.2. The van der Waals surface area contributed by atoms with Crippen LogP contribution in [0.2, 0.25) is 0 Å². The smallest absolute Gasteiger partial charge is 0.238 e. The van der Waals surface area contributed by atoms with Gasteiger partial charge in [0.1, 0.15) is 12.0 Å². The Hall–Kier alpha value is -2.30. The number of carbonyl (C=O) groups is 1. The largest absolute Gasteiger partial charge is 0.378 e. The number of amides is 1. The molecular weight excluding hydrogens is 228 g/mol. The zero-order valence-corrected chi connectivity index (χ0v) is 10.3. The molecule has 4 nitrogen and oxygen atoms in total. The molecule has 0 aliphatic rings. The number of hydrogen-bond donors (Lipinski definition) is 2. The van der Waals surface area contributed by atoms with Crippen molar-refractivity contribution in [1.82, 2.24) is 0 Å². The van der Waals surface area contributed by atoms with Crippen molar-refractivity contribution in [2.24, 2.45) is 0 Å². The first-order valence-corrected chi connectivity index (χ1v) is 5.43. The lowest BCUT2D eigenvalue weighted by atomic mass is 10.1. The van der Waals surface area contributed by atoms with Crippen LogP contribution < -0.4 is 5.32 Å². The number of nitriles is 1. The minimum atomic E-state index is -1.06. The fourth-order valence-corrected chi connectivity index (χ4v) is 1.18. The number of nitrogens with one attached hydrogen (secondary N) is 1. The zero-order chi connectivity index (χ0) is 13.6. The van der Waals surface area contributed by atoms with Gasteiger partial charge in [0, 0.05) is 11.3 Å². The zero-order valence-electron chi connectivity index (χ0n) is 10.3. The van der Waals surface area contributed by atoms with E-state index in [2.05, 4.69) is 17.2 Å². The van der Waals surface area contributed by atoms with E-state index in [0.717, 1.165) is 0 Å². The predicted molar refractivity (Wildman–Crippen MR) is 68.5 cm³/mol. The molecule has 2 N–H and O–H groups in total. The number of rotatable bonds is 2. The van der Waals surface area contributed by atoms with E-state index in [1.165, 1.54) is 0 Å². The van der Waals surface area contributed by atoms with Crippen LogP contribution in [0.3, 0.4) is 0 Å². The van der Waals surface area contributed by atoms with Crippen LogP contribution in [0.4, 0.5) is 5.69 Å². The van der Waals surface area contributed by atoms with Crippen LogP contribution in [0.25, 0.3) is 0 Å². The van der Waals surface area contributed by atoms with Crippen LogP contribution in [0.1, 0.15) is 25.8 Å². The molecule has 1 aromatic rings. The van der Waals surface area contributed by atoms with Crippen molar-refractivity contribution in [3.8, 4) is 17.9 Å². The second kappa shape index (κ2) is 5.86. The molecule has 18 heavy (non-hydrogen) atoms. The second-order valence-electron chi connectivity index (χ2n) is 4.27. The Bertz CT molecular complexity index is 539. The summed E-state index contributed by atoms with van der Waals surface area (Å²) < 4.78 is 0. The van der Waals surface area contributed by atoms with Gasteiger partial charge in [-0.15, -0.1) is 0 Å². The molecule has 0 fully saturated rings. The maximum atomic E-state index is 11.2. The molecule has 0 saturated carbocycles. The quantitative estimate of drug-likeness (QED) is 0.775. The highest BCUT2D eigenvalue weighted by Gasteiger charge is 2.06. The maximum Gasteiger partial charge on any atom is 0.238 e. The number of carbonyl (C=O) groups excluding carboxylic acids is 1. The standard InChI is InChI=1S/C14H14N2O2/c1-14(2,18)8-6-11-4-3-5-12(10-11)16-13(17)7-9-15/h3-5,10,18H,7H2,1-2H3,(H,16,17). The predicted octanol–water partition coefficient (Wildman–Crippen LogP) is 1.66. The molecule has 0 bridgehead atoms. The molecule has 0 spiro atoms. The van der Waals surface area contributed by atoms with Crippen molar-refractivity contribution >= 4 is 11.6 Å². The van der Waals surface area contributed by atoms with E-state index >= 15 is 0 Å². The van der Waals surface area contributed by atoms with E-state index in [9.17, 15) is 9.90 Å². The van der Waals surface area contributed by atoms with E-state index in [1.54, 1.807) is 44.2 Å². The molecule has 0 saturated heterocycles. The summed E-state index contributed by atoms with van der Waals surface area (Å²) in [6.07, 6.45) is -0.181. The third kappa shape index (κ3) is 5.16. The summed E-state index contributed by atoms with van der Waals surface area (Å²) in [5.41, 5.74) is 0.213. The summed E-state index contributed by atoms with van der Waals surface area (Å²) in [5.74, 6) is 5.14.